The predicted molar refractivity (Wildman–Crippen MR) is 65.3 cm³/mol. The molecule has 0 bridgehead atoms. The van der Waals surface area contributed by atoms with Gasteiger partial charge in [0, 0.05) is 32.4 Å². The van der Waals surface area contributed by atoms with E-state index in [2.05, 4.69) is 28.7 Å². The monoisotopic (exact) mass is 225 g/mol. The van der Waals surface area contributed by atoms with Gasteiger partial charge in [-0.05, 0) is 20.3 Å². The Balaban J connectivity index is 2.28. The quantitative estimate of drug-likeness (QED) is 0.733. The number of rotatable bonds is 8. The number of imidazole rings is 1. The lowest BCUT2D eigenvalue weighted by Crippen LogP contribution is -2.27. The van der Waals surface area contributed by atoms with Crippen LogP contribution in [0.2, 0.25) is 0 Å². The van der Waals surface area contributed by atoms with Gasteiger partial charge in [-0.2, -0.15) is 0 Å². The van der Waals surface area contributed by atoms with E-state index in [0.717, 1.165) is 32.7 Å². The molecule has 1 atom stereocenters. The summed E-state index contributed by atoms with van der Waals surface area (Å²) in [4.78, 5) is 4.17. The standard InChI is InChI=1S/C12H23N3O/c1-4-6-15-10-14-9-12(15)8-13-7-11(3)16-5-2/h9-11,13H,4-8H2,1-3H3. The largest absolute Gasteiger partial charge is 0.377 e. The summed E-state index contributed by atoms with van der Waals surface area (Å²) in [6.07, 6.45) is 5.23. The van der Waals surface area contributed by atoms with Crippen LogP contribution in [0.1, 0.15) is 32.9 Å². The zero-order valence-electron chi connectivity index (χ0n) is 10.6. The van der Waals surface area contributed by atoms with Crippen molar-refractivity contribution in [1.82, 2.24) is 14.9 Å². The molecule has 92 valence electrons. The smallest absolute Gasteiger partial charge is 0.0948 e. The third-order valence-electron chi connectivity index (χ3n) is 2.45. The molecule has 0 aliphatic carbocycles. The minimum Gasteiger partial charge on any atom is -0.377 e. The highest BCUT2D eigenvalue weighted by molar-refractivity contribution is 4.97. The van der Waals surface area contributed by atoms with Gasteiger partial charge in [0.1, 0.15) is 0 Å². The first-order valence-electron chi connectivity index (χ1n) is 6.09. The third-order valence-corrected chi connectivity index (χ3v) is 2.45. The van der Waals surface area contributed by atoms with Crippen LogP contribution in [0.3, 0.4) is 0 Å². The summed E-state index contributed by atoms with van der Waals surface area (Å²) in [6.45, 7) is 9.83. The lowest BCUT2D eigenvalue weighted by molar-refractivity contribution is 0.0758. The summed E-state index contributed by atoms with van der Waals surface area (Å²) in [5.41, 5.74) is 1.24. The molecule has 0 radical (unpaired) electrons. The molecule has 0 fully saturated rings. The molecular weight excluding hydrogens is 202 g/mol. The first-order valence-corrected chi connectivity index (χ1v) is 6.09. The molecule has 4 heteroatoms. The van der Waals surface area contributed by atoms with Crippen molar-refractivity contribution in [1.29, 1.82) is 0 Å². The Kier molecular flexibility index (Phi) is 6.11. The Morgan fingerprint density at radius 1 is 1.50 bits per heavy atom. The van der Waals surface area contributed by atoms with Gasteiger partial charge < -0.3 is 14.6 Å². The topological polar surface area (TPSA) is 39.1 Å². The molecule has 16 heavy (non-hydrogen) atoms. The summed E-state index contributed by atoms with van der Waals surface area (Å²) in [5.74, 6) is 0. The molecule has 0 aliphatic heterocycles. The zero-order valence-corrected chi connectivity index (χ0v) is 10.6. The van der Waals surface area contributed by atoms with Crippen LogP contribution in [-0.2, 0) is 17.8 Å². The van der Waals surface area contributed by atoms with Crippen LogP contribution in [0.5, 0.6) is 0 Å². The van der Waals surface area contributed by atoms with Crippen molar-refractivity contribution in [3.8, 4) is 0 Å². The summed E-state index contributed by atoms with van der Waals surface area (Å²) in [6, 6.07) is 0. The molecule has 1 unspecified atom stereocenters. The molecule has 0 saturated carbocycles. The van der Waals surface area contributed by atoms with E-state index < -0.39 is 0 Å². The molecule has 0 aliphatic rings. The number of ether oxygens (including phenoxy) is 1. The lowest BCUT2D eigenvalue weighted by Gasteiger charge is -2.13. The van der Waals surface area contributed by atoms with Gasteiger partial charge in [-0.15, -0.1) is 0 Å². The first kappa shape index (κ1) is 13.2. The van der Waals surface area contributed by atoms with E-state index in [-0.39, 0.29) is 6.10 Å². The number of aromatic nitrogens is 2. The highest BCUT2D eigenvalue weighted by Gasteiger charge is 2.03. The fourth-order valence-corrected chi connectivity index (χ4v) is 1.68. The van der Waals surface area contributed by atoms with Crippen LogP contribution in [0.15, 0.2) is 12.5 Å². The van der Waals surface area contributed by atoms with Crippen LogP contribution in [-0.4, -0.2) is 28.8 Å². The van der Waals surface area contributed by atoms with Gasteiger partial charge >= 0.3 is 0 Å². The van der Waals surface area contributed by atoms with Gasteiger partial charge in [0.15, 0.2) is 0 Å². The Hall–Kier alpha value is -0.870. The molecule has 0 amide bonds. The summed E-state index contributed by atoms with van der Waals surface area (Å²) >= 11 is 0. The predicted octanol–water partition coefficient (Wildman–Crippen LogP) is 1.81. The average Bonchev–Trinajstić information content (AvgIpc) is 2.67. The molecule has 0 aromatic carbocycles. The van der Waals surface area contributed by atoms with Gasteiger partial charge in [0.05, 0.1) is 18.1 Å². The van der Waals surface area contributed by atoms with Crippen molar-refractivity contribution in [2.45, 2.75) is 46.4 Å². The highest BCUT2D eigenvalue weighted by atomic mass is 16.5. The van der Waals surface area contributed by atoms with Crippen LogP contribution < -0.4 is 5.32 Å². The normalized spacial score (nSPS) is 12.9. The second-order valence-corrected chi connectivity index (χ2v) is 3.98. The molecule has 1 rings (SSSR count). The summed E-state index contributed by atoms with van der Waals surface area (Å²) in [5, 5.41) is 3.39. The van der Waals surface area contributed by atoms with Crippen LogP contribution in [0.4, 0.5) is 0 Å². The van der Waals surface area contributed by atoms with E-state index in [0.29, 0.717) is 0 Å². The van der Waals surface area contributed by atoms with Crippen molar-refractivity contribution in [3.63, 3.8) is 0 Å². The van der Waals surface area contributed by atoms with Crippen LogP contribution in [0, 0.1) is 0 Å². The minimum atomic E-state index is 0.271. The number of nitrogens with zero attached hydrogens (tertiary/aromatic N) is 2. The van der Waals surface area contributed by atoms with Crippen molar-refractivity contribution in [2.24, 2.45) is 0 Å². The van der Waals surface area contributed by atoms with E-state index >= 15 is 0 Å². The van der Waals surface area contributed by atoms with Crippen LogP contribution >= 0.6 is 0 Å². The number of aryl methyl sites for hydroxylation is 1. The van der Waals surface area contributed by atoms with E-state index in [1.54, 1.807) is 0 Å². The fourth-order valence-electron chi connectivity index (χ4n) is 1.68. The second-order valence-electron chi connectivity index (χ2n) is 3.98. The lowest BCUT2D eigenvalue weighted by atomic mass is 10.3. The highest BCUT2D eigenvalue weighted by Crippen LogP contribution is 2.00. The Morgan fingerprint density at radius 2 is 2.31 bits per heavy atom. The van der Waals surface area contributed by atoms with E-state index in [9.17, 15) is 0 Å². The van der Waals surface area contributed by atoms with Crippen molar-refractivity contribution in [2.75, 3.05) is 13.2 Å². The minimum absolute atomic E-state index is 0.271. The average molecular weight is 225 g/mol. The maximum Gasteiger partial charge on any atom is 0.0948 e. The Morgan fingerprint density at radius 3 is 3.00 bits per heavy atom. The molecular formula is C12H23N3O. The molecule has 1 aromatic heterocycles. The maximum atomic E-state index is 5.45. The summed E-state index contributed by atoms with van der Waals surface area (Å²) < 4.78 is 7.65. The number of hydrogen-bond acceptors (Lipinski definition) is 3. The molecule has 4 nitrogen and oxygen atoms in total. The van der Waals surface area contributed by atoms with Gasteiger partial charge in [-0.1, -0.05) is 6.92 Å². The molecule has 1 aromatic rings. The molecule has 0 saturated heterocycles. The number of hydrogen-bond donors (Lipinski definition) is 1. The van der Waals surface area contributed by atoms with E-state index in [1.165, 1.54) is 5.69 Å². The number of nitrogens with one attached hydrogen (secondary N) is 1. The van der Waals surface area contributed by atoms with Crippen molar-refractivity contribution < 1.29 is 4.74 Å². The first-order chi connectivity index (χ1) is 7.77. The Bertz CT molecular complexity index is 286. The van der Waals surface area contributed by atoms with E-state index in [1.807, 2.05) is 19.4 Å². The van der Waals surface area contributed by atoms with Gasteiger partial charge in [-0.25, -0.2) is 4.98 Å². The maximum absolute atomic E-state index is 5.45. The zero-order chi connectivity index (χ0) is 11.8. The van der Waals surface area contributed by atoms with E-state index in [4.69, 9.17) is 4.74 Å². The molecule has 0 spiro atoms. The van der Waals surface area contributed by atoms with Gasteiger partial charge in [0.25, 0.3) is 0 Å². The molecule has 1 N–H and O–H groups in total. The molecule has 1 heterocycles. The third kappa shape index (κ3) is 4.33. The fraction of sp³-hybridized carbons (Fsp3) is 0.750. The summed E-state index contributed by atoms with van der Waals surface area (Å²) in [7, 11) is 0. The second kappa shape index (κ2) is 7.41. The van der Waals surface area contributed by atoms with Crippen molar-refractivity contribution in [3.05, 3.63) is 18.2 Å². The van der Waals surface area contributed by atoms with Crippen LogP contribution in [0.25, 0.3) is 0 Å². The SMILES string of the molecule is CCCn1cncc1CNCC(C)OCC. The van der Waals surface area contributed by atoms with Gasteiger partial charge in [0.2, 0.25) is 0 Å². The van der Waals surface area contributed by atoms with Crippen molar-refractivity contribution >= 4 is 0 Å². The van der Waals surface area contributed by atoms with Gasteiger partial charge in [-0.3, -0.25) is 0 Å². The Labute approximate surface area is 98.0 Å².